The van der Waals surface area contributed by atoms with Gasteiger partial charge in [0.15, 0.2) is 5.60 Å². The van der Waals surface area contributed by atoms with Gasteiger partial charge in [0.1, 0.15) is 18.1 Å². The van der Waals surface area contributed by atoms with Crippen molar-refractivity contribution in [3.63, 3.8) is 0 Å². The van der Waals surface area contributed by atoms with Crippen molar-refractivity contribution in [1.82, 2.24) is 4.98 Å². The van der Waals surface area contributed by atoms with Gasteiger partial charge in [0.05, 0.1) is 11.3 Å². The van der Waals surface area contributed by atoms with Crippen molar-refractivity contribution < 1.29 is 32.5 Å². The highest BCUT2D eigenvalue weighted by Crippen LogP contribution is 2.32. The van der Waals surface area contributed by atoms with Crippen molar-refractivity contribution in [2.45, 2.75) is 46.1 Å². The lowest BCUT2D eigenvalue weighted by Crippen LogP contribution is -2.38. The van der Waals surface area contributed by atoms with Crippen molar-refractivity contribution in [2.24, 2.45) is 0 Å². The number of carboxylic acids is 1. The van der Waals surface area contributed by atoms with Crippen molar-refractivity contribution in [3.8, 4) is 22.8 Å². The molecule has 8 heteroatoms. The number of nitrogens with zero attached hydrogens (tertiary/aromatic N) is 1. The number of aryl methyl sites for hydroxylation is 2. The Morgan fingerprint density at radius 3 is 2.36 bits per heavy atom. The normalized spacial score (nSPS) is 11.8. The van der Waals surface area contributed by atoms with Gasteiger partial charge < -0.3 is 14.6 Å². The van der Waals surface area contributed by atoms with Crippen LogP contribution in [0.1, 0.15) is 36.2 Å². The Bertz CT molecular complexity index is 1170. The van der Waals surface area contributed by atoms with Crippen LogP contribution in [0.5, 0.6) is 11.5 Å². The monoisotopic (exact) mass is 459 g/mol. The third-order valence-electron chi connectivity index (χ3n) is 5.10. The van der Waals surface area contributed by atoms with Crippen LogP contribution >= 0.6 is 0 Å². The summed E-state index contributed by atoms with van der Waals surface area (Å²) in [5, 5.41) is 9.22. The van der Waals surface area contributed by atoms with E-state index in [0.29, 0.717) is 28.5 Å². The van der Waals surface area contributed by atoms with Crippen LogP contribution in [0.4, 0.5) is 13.2 Å². The third-order valence-corrected chi connectivity index (χ3v) is 5.10. The van der Waals surface area contributed by atoms with Gasteiger partial charge in [0.25, 0.3) is 0 Å². The molecule has 3 aromatic rings. The molecule has 5 nitrogen and oxygen atoms in total. The van der Waals surface area contributed by atoms with Gasteiger partial charge in [-0.15, -0.1) is 0 Å². The predicted molar refractivity (Wildman–Crippen MR) is 117 cm³/mol. The molecule has 33 heavy (non-hydrogen) atoms. The molecular weight excluding hydrogens is 435 g/mol. The molecule has 2 aromatic carbocycles. The Kier molecular flexibility index (Phi) is 6.67. The number of aromatic nitrogens is 1. The van der Waals surface area contributed by atoms with Crippen LogP contribution in [0.15, 0.2) is 54.6 Å². The van der Waals surface area contributed by atoms with Gasteiger partial charge in [-0.25, -0.2) is 4.79 Å². The number of benzene rings is 2. The molecule has 0 aliphatic rings. The first-order chi connectivity index (χ1) is 15.4. The minimum atomic E-state index is -4.42. The fourth-order valence-electron chi connectivity index (χ4n) is 3.06. The number of rotatable bonds is 7. The topological polar surface area (TPSA) is 68.7 Å². The molecule has 0 atom stereocenters. The fraction of sp³-hybridized carbons (Fsp3) is 0.280. The van der Waals surface area contributed by atoms with E-state index < -0.39 is 23.3 Å². The first kappa shape index (κ1) is 24.1. The average molecular weight is 459 g/mol. The summed E-state index contributed by atoms with van der Waals surface area (Å²) in [6.45, 7) is 6.71. The van der Waals surface area contributed by atoms with Gasteiger partial charge >= 0.3 is 12.1 Å². The van der Waals surface area contributed by atoms with E-state index in [0.717, 1.165) is 23.3 Å². The average Bonchev–Trinajstić information content (AvgIpc) is 2.74. The van der Waals surface area contributed by atoms with E-state index in [1.165, 1.54) is 19.9 Å². The Morgan fingerprint density at radius 2 is 1.76 bits per heavy atom. The van der Waals surface area contributed by atoms with Crippen molar-refractivity contribution in [2.75, 3.05) is 0 Å². The van der Waals surface area contributed by atoms with E-state index in [2.05, 4.69) is 4.98 Å². The summed E-state index contributed by atoms with van der Waals surface area (Å²) in [4.78, 5) is 15.7. The minimum Gasteiger partial charge on any atom is -0.489 e. The number of alkyl halides is 3. The highest BCUT2D eigenvalue weighted by atomic mass is 19.4. The smallest absolute Gasteiger partial charge is 0.416 e. The second-order valence-electron chi connectivity index (χ2n) is 8.15. The molecule has 0 radical (unpaired) electrons. The molecule has 0 unspecified atom stereocenters. The van der Waals surface area contributed by atoms with Crippen molar-refractivity contribution >= 4 is 5.97 Å². The number of aliphatic carboxylic acids is 1. The molecule has 0 bridgehead atoms. The maximum Gasteiger partial charge on any atom is 0.416 e. The molecule has 1 N–H and O–H groups in total. The van der Waals surface area contributed by atoms with Crippen molar-refractivity contribution in [1.29, 1.82) is 0 Å². The van der Waals surface area contributed by atoms with Gasteiger partial charge in [0, 0.05) is 16.8 Å². The number of halogens is 3. The Morgan fingerprint density at radius 1 is 1.03 bits per heavy atom. The Labute approximate surface area is 189 Å². The number of ether oxygens (including phenoxy) is 2. The third kappa shape index (κ3) is 5.83. The second kappa shape index (κ2) is 9.13. The summed E-state index contributed by atoms with van der Waals surface area (Å²) in [5.74, 6) is -0.0637. The van der Waals surface area contributed by atoms with E-state index in [1.807, 2.05) is 0 Å². The van der Waals surface area contributed by atoms with Crippen LogP contribution in [0.25, 0.3) is 11.3 Å². The van der Waals surface area contributed by atoms with E-state index in [4.69, 9.17) is 9.47 Å². The minimum absolute atomic E-state index is 0.210. The molecule has 0 saturated heterocycles. The zero-order chi connectivity index (χ0) is 24.4. The zero-order valence-electron chi connectivity index (χ0n) is 18.7. The van der Waals surface area contributed by atoms with Crippen LogP contribution in [-0.4, -0.2) is 21.7 Å². The van der Waals surface area contributed by atoms with E-state index in [-0.39, 0.29) is 6.61 Å². The molecule has 0 aliphatic carbocycles. The molecule has 0 fully saturated rings. The largest absolute Gasteiger partial charge is 0.489 e. The van der Waals surface area contributed by atoms with E-state index >= 15 is 0 Å². The summed E-state index contributed by atoms with van der Waals surface area (Å²) in [6, 6.07) is 13.6. The van der Waals surface area contributed by atoms with Crippen LogP contribution < -0.4 is 9.47 Å². The Balaban J connectivity index is 1.72. The van der Waals surface area contributed by atoms with Crippen molar-refractivity contribution in [3.05, 3.63) is 77.0 Å². The maximum atomic E-state index is 13.0. The molecule has 0 amide bonds. The summed E-state index contributed by atoms with van der Waals surface area (Å²) < 4.78 is 50.4. The standard InChI is InChI=1S/C25H24F3NO4/c1-15-12-20(9-11-22(15)33-24(3,4)23(30)31)32-14-18-8-10-21(29-16(18)2)17-6-5-7-19(13-17)25(26,27)28/h5-13H,14H2,1-4H3,(H,30,31). The Hall–Kier alpha value is -3.55. The van der Waals surface area contributed by atoms with E-state index in [1.54, 1.807) is 50.2 Å². The molecule has 174 valence electrons. The molecule has 0 spiro atoms. The number of hydrogen-bond acceptors (Lipinski definition) is 4. The molecular formula is C25H24F3NO4. The predicted octanol–water partition coefficient (Wildman–Crippen LogP) is 6.21. The second-order valence-corrected chi connectivity index (χ2v) is 8.15. The van der Waals surface area contributed by atoms with Gasteiger partial charge in [-0.3, -0.25) is 4.98 Å². The van der Waals surface area contributed by atoms with Crippen LogP contribution in [0.2, 0.25) is 0 Å². The summed E-state index contributed by atoms with van der Waals surface area (Å²) >= 11 is 0. The van der Waals surface area contributed by atoms with Crippen LogP contribution in [0.3, 0.4) is 0 Å². The number of carboxylic acid groups (broad SMARTS) is 1. The summed E-state index contributed by atoms with van der Waals surface area (Å²) in [7, 11) is 0. The molecule has 1 aromatic heterocycles. The number of hydrogen-bond donors (Lipinski definition) is 1. The number of carbonyl (C=O) groups is 1. The lowest BCUT2D eigenvalue weighted by molar-refractivity contribution is -0.152. The first-order valence-electron chi connectivity index (χ1n) is 10.2. The highest BCUT2D eigenvalue weighted by Gasteiger charge is 2.31. The zero-order valence-corrected chi connectivity index (χ0v) is 18.7. The molecule has 0 aliphatic heterocycles. The molecule has 0 saturated carbocycles. The quantitative estimate of drug-likeness (QED) is 0.455. The van der Waals surface area contributed by atoms with E-state index in [9.17, 15) is 23.1 Å². The molecule has 3 rings (SSSR count). The van der Waals surface area contributed by atoms with Crippen LogP contribution in [0, 0.1) is 13.8 Å². The summed E-state index contributed by atoms with van der Waals surface area (Å²) in [5.41, 5.74) is 0.896. The van der Waals surface area contributed by atoms with Gasteiger partial charge in [0.2, 0.25) is 0 Å². The summed E-state index contributed by atoms with van der Waals surface area (Å²) in [6.07, 6.45) is -4.42. The van der Waals surface area contributed by atoms with Gasteiger partial charge in [-0.2, -0.15) is 13.2 Å². The fourth-order valence-corrected chi connectivity index (χ4v) is 3.06. The van der Waals surface area contributed by atoms with Crippen LogP contribution in [-0.2, 0) is 17.6 Å². The highest BCUT2D eigenvalue weighted by molar-refractivity contribution is 5.76. The number of pyridine rings is 1. The van der Waals surface area contributed by atoms with Gasteiger partial charge in [-0.05, 0) is 69.7 Å². The SMILES string of the molecule is Cc1cc(OCc2ccc(-c3cccc(C(F)(F)F)c3)nc2C)ccc1OC(C)(C)C(=O)O. The lowest BCUT2D eigenvalue weighted by atomic mass is 10.1. The molecule has 1 heterocycles. The first-order valence-corrected chi connectivity index (χ1v) is 10.2. The maximum absolute atomic E-state index is 13.0. The van der Waals surface area contributed by atoms with Gasteiger partial charge in [-0.1, -0.05) is 18.2 Å². The lowest BCUT2D eigenvalue weighted by Gasteiger charge is -2.23.